The number of para-hydroxylation sites is 1. The molecule has 24 heavy (non-hydrogen) atoms. The SMILES string of the molecule is C=CCN1C(=O)c2ccccc2NC1c1cc(OC)cc(OC)c1. The summed E-state index contributed by atoms with van der Waals surface area (Å²) in [6, 6.07) is 13.1. The van der Waals surface area contributed by atoms with E-state index in [0.717, 1.165) is 11.3 Å². The molecule has 124 valence electrons. The van der Waals surface area contributed by atoms with Gasteiger partial charge in [0, 0.05) is 23.9 Å². The van der Waals surface area contributed by atoms with Crippen LogP contribution in [0, 0.1) is 0 Å². The summed E-state index contributed by atoms with van der Waals surface area (Å²) in [6.45, 7) is 4.20. The Morgan fingerprint density at radius 1 is 1.17 bits per heavy atom. The van der Waals surface area contributed by atoms with Crippen LogP contribution in [-0.2, 0) is 0 Å². The molecule has 0 radical (unpaired) electrons. The lowest BCUT2D eigenvalue weighted by atomic mass is 10.0. The third-order valence-corrected chi connectivity index (χ3v) is 4.04. The molecule has 5 heteroatoms. The van der Waals surface area contributed by atoms with E-state index in [9.17, 15) is 4.79 Å². The summed E-state index contributed by atoms with van der Waals surface area (Å²) in [5, 5.41) is 3.43. The summed E-state index contributed by atoms with van der Waals surface area (Å²) >= 11 is 0. The summed E-state index contributed by atoms with van der Waals surface area (Å²) in [4.78, 5) is 14.6. The van der Waals surface area contributed by atoms with Gasteiger partial charge in [-0.15, -0.1) is 6.58 Å². The first-order valence-electron chi connectivity index (χ1n) is 7.68. The first kappa shape index (κ1) is 15.9. The average Bonchev–Trinajstić information content (AvgIpc) is 2.63. The van der Waals surface area contributed by atoms with Gasteiger partial charge in [0.05, 0.1) is 19.8 Å². The average molecular weight is 324 g/mol. The molecule has 0 saturated heterocycles. The van der Waals surface area contributed by atoms with Crippen LogP contribution < -0.4 is 14.8 Å². The lowest BCUT2D eigenvalue weighted by Crippen LogP contribution is -2.43. The molecular weight excluding hydrogens is 304 g/mol. The predicted molar refractivity (Wildman–Crippen MR) is 93.6 cm³/mol. The first-order valence-corrected chi connectivity index (χ1v) is 7.68. The Balaban J connectivity index is 2.08. The molecule has 2 aromatic rings. The van der Waals surface area contributed by atoms with E-state index in [0.29, 0.717) is 23.6 Å². The van der Waals surface area contributed by atoms with E-state index in [4.69, 9.17) is 9.47 Å². The molecule has 0 fully saturated rings. The standard InChI is InChI=1S/C19H20N2O3/c1-4-9-21-18(13-10-14(23-2)12-15(11-13)24-3)20-17-8-6-5-7-16(17)19(21)22/h4-8,10-12,18,20H,1,9H2,2-3H3. The minimum Gasteiger partial charge on any atom is -0.497 e. The second kappa shape index (κ2) is 6.66. The van der Waals surface area contributed by atoms with Gasteiger partial charge in [0.15, 0.2) is 0 Å². The Morgan fingerprint density at radius 2 is 1.83 bits per heavy atom. The monoisotopic (exact) mass is 324 g/mol. The minimum absolute atomic E-state index is 0.0314. The van der Waals surface area contributed by atoms with E-state index < -0.39 is 0 Å². The fourth-order valence-corrected chi connectivity index (χ4v) is 2.87. The van der Waals surface area contributed by atoms with Gasteiger partial charge < -0.3 is 19.7 Å². The van der Waals surface area contributed by atoms with E-state index in [2.05, 4.69) is 11.9 Å². The van der Waals surface area contributed by atoms with Gasteiger partial charge in [-0.25, -0.2) is 0 Å². The Hall–Kier alpha value is -2.95. The van der Waals surface area contributed by atoms with Crippen LogP contribution in [0.15, 0.2) is 55.1 Å². The highest BCUT2D eigenvalue weighted by Gasteiger charge is 2.32. The van der Waals surface area contributed by atoms with Crippen molar-refractivity contribution < 1.29 is 14.3 Å². The molecule has 1 amide bonds. The maximum absolute atomic E-state index is 12.9. The van der Waals surface area contributed by atoms with Crippen molar-refractivity contribution in [3.05, 3.63) is 66.2 Å². The number of amides is 1. The molecule has 1 N–H and O–H groups in total. The van der Waals surface area contributed by atoms with Crippen LogP contribution in [0.4, 0.5) is 5.69 Å². The smallest absolute Gasteiger partial charge is 0.258 e. The Morgan fingerprint density at radius 3 is 2.46 bits per heavy atom. The van der Waals surface area contributed by atoms with Crippen molar-refractivity contribution in [1.82, 2.24) is 4.90 Å². The molecular formula is C19H20N2O3. The molecule has 1 unspecified atom stereocenters. The van der Waals surface area contributed by atoms with Crippen LogP contribution in [0.25, 0.3) is 0 Å². The van der Waals surface area contributed by atoms with Crippen LogP contribution in [0.3, 0.4) is 0 Å². The van der Waals surface area contributed by atoms with Gasteiger partial charge in [0.25, 0.3) is 5.91 Å². The van der Waals surface area contributed by atoms with E-state index >= 15 is 0 Å². The Labute approximate surface area is 141 Å². The van der Waals surface area contributed by atoms with Gasteiger partial charge in [-0.1, -0.05) is 18.2 Å². The van der Waals surface area contributed by atoms with E-state index in [1.807, 2.05) is 36.4 Å². The Kier molecular flexibility index (Phi) is 4.42. The van der Waals surface area contributed by atoms with Crippen molar-refractivity contribution in [3.8, 4) is 11.5 Å². The quantitative estimate of drug-likeness (QED) is 0.856. The number of hydrogen-bond donors (Lipinski definition) is 1. The van der Waals surface area contributed by atoms with Crippen molar-refractivity contribution in [3.63, 3.8) is 0 Å². The number of benzene rings is 2. The van der Waals surface area contributed by atoms with Crippen molar-refractivity contribution in [2.45, 2.75) is 6.17 Å². The molecule has 1 heterocycles. The molecule has 0 aromatic heterocycles. The summed E-state index contributed by atoms with van der Waals surface area (Å²) < 4.78 is 10.7. The van der Waals surface area contributed by atoms with Gasteiger partial charge in [-0.2, -0.15) is 0 Å². The zero-order chi connectivity index (χ0) is 17.1. The van der Waals surface area contributed by atoms with Crippen LogP contribution >= 0.6 is 0 Å². The van der Waals surface area contributed by atoms with E-state index in [-0.39, 0.29) is 12.1 Å². The second-order valence-electron chi connectivity index (χ2n) is 5.48. The van der Waals surface area contributed by atoms with Crippen LogP contribution in [0.1, 0.15) is 22.1 Å². The fourth-order valence-electron chi connectivity index (χ4n) is 2.87. The second-order valence-corrected chi connectivity index (χ2v) is 5.48. The fraction of sp³-hybridized carbons (Fsp3) is 0.211. The molecule has 0 spiro atoms. The highest BCUT2D eigenvalue weighted by molar-refractivity contribution is 6.01. The van der Waals surface area contributed by atoms with Gasteiger partial charge in [-0.05, 0) is 24.3 Å². The number of hydrogen-bond acceptors (Lipinski definition) is 4. The molecule has 2 aromatic carbocycles. The number of carbonyl (C=O) groups is 1. The lowest BCUT2D eigenvalue weighted by molar-refractivity contribution is 0.0707. The summed E-state index contributed by atoms with van der Waals surface area (Å²) in [6.07, 6.45) is 1.40. The van der Waals surface area contributed by atoms with Crippen molar-refractivity contribution >= 4 is 11.6 Å². The molecule has 3 rings (SSSR count). The van der Waals surface area contributed by atoms with Gasteiger partial charge in [-0.3, -0.25) is 4.79 Å². The number of anilines is 1. The molecule has 1 aliphatic heterocycles. The molecule has 1 aliphatic rings. The third kappa shape index (κ3) is 2.80. The molecule has 0 aliphatic carbocycles. The number of nitrogens with zero attached hydrogens (tertiary/aromatic N) is 1. The van der Waals surface area contributed by atoms with Crippen LogP contribution in [0.5, 0.6) is 11.5 Å². The molecule has 5 nitrogen and oxygen atoms in total. The first-order chi connectivity index (χ1) is 11.7. The molecule has 0 bridgehead atoms. The third-order valence-electron chi connectivity index (χ3n) is 4.04. The zero-order valence-electron chi connectivity index (χ0n) is 13.8. The number of nitrogens with one attached hydrogen (secondary N) is 1. The predicted octanol–water partition coefficient (Wildman–Crippen LogP) is 3.46. The minimum atomic E-state index is -0.325. The van der Waals surface area contributed by atoms with Crippen molar-refractivity contribution in [2.75, 3.05) is 26.1 Å². The van der Waals surface area contributed by atoms with Gasteiger partial charge in [0.2, 0.25) is 0 Å². The van der Waals surface area contributed by atoms with Crippen LogP contribution in [-0.4, -0.2) is 31.6 Å². The van der Waals surface area contributed by atoms with Gasteiger partial charge >= 0.3 is 0 Å². The molecule has 1 atom stereocenters. The van der Waals surface area contributed by atoms with E-state index in [1.165, 1.54) is 0 Å². The number of carbonyl (C=O) groups excluding carboxylic acids is 1. The number of ether oxygens (including phenoxy) is 2. The summed E-state index contributed by atoms with van der Waals surface area (Å²) in [5.74, 6) is 1.32. The topological polar surface area (TPSA) is 50.8 Å². The normalized spacial score (nSPS) is 16.2. The lowest BCUT2D eigenvalue weighted by Gasteiger charge is -2.37. The number of fused-ring (bicyclic) bond motifs is 1. The van der Waals surface area contributed by atoms with Crippen LogP contribution in [0.2, 0.25) is 0 Å². The maximum Gasteiger partial charge on any atom is 0.258 e. The highest BCUT2D eigenvalue weighted by atomic mass is 16.5. The maximum atomic E-state index is 12.9. The van der Waals surface area contributed by atoms with Crippen molar-refractivity contribution in [2.24, 2.45) is 0 Å². The largest absolute Gasteiger partial charge is 0.497 e. The summed E-state index contributed by atoms with van der Waals surface area (Å²) in [5.41, 5.74) is 2.36. The van der Waals surface area contributed by atoms with Gasteiger partial charge in [0.1, 0.15) is 17.7 Å². The number of methoxy groups -OCH3 is 2. The van der Waals surface area contributed by atoms with Crippen molar-refractivity contribution in [1.29, 1.82) is 0 Å². The zero-order valence-corrected chi connectivity index (χ0v) is 13.8. The number of rotatable bonds is 5. The molecule has 0 saturated carbocycles. The Bertz CT molecular complexity index is 751. The highest BCUT2D eigenvalue weighted by Crippen LogP contribution is 2.35. The summed E-state index contributed by atoms with van der Waals surface area (Å²) in [7, 11) is 3.21. The van der Waals surface area contributed by atoms with E-state index in [1.54, 1.807) is 31.3 Å².